The maximum absolute atomic E-state index is 13.4. The number of carbonyl (C=O) groups is 1. The minimum absolute atomic E-state index is 0.160. The maximum Gasteiger partial charge on any atom is 0.224 e. The predicted octanol–water partition coefficient (Wildman–Crippen LogP) is 3.58. The van der Waals surface area contributed by atoms with E-state index in [1.807, 2.05) is 0 Å². The van der Waals surface area contributed by atoms with Crippen LogP contribution in [0.4, 0.5) is 8.78 Å². The molecule has 1 saturated carbocycles. The molecule has 0 saturated heterocycles. The fourth-order valence-electron chi connectivity index (χ4n) is 2.59. The average Bonchev–Trinajstić information content (AvgIpc) is 2.41. The van der Waals surface area contributed by atoms with Crippen molar-refractivity contribution in [3.05, 3.63) is 35.4 Å². The van der Waals surface area contributed by atoms with Gasteiger partial charge in [0.25, 0.3) is 0 Å². The summed E-state index contributed by atoms with van der Waals surface area (Å²) < 4.78 is 26.9. The van der Waals surface area contributed by atoms with E-state index in [0.717, 1.165) is 19.3 Å². The van der Waals surface area contributed by atoms with Crippen molar-refractivity contribution in [2.75, 3.05) is 6.54 Å². The molecular formula is C15H18BrF2NO. The van der Waals surface area contributed by atoms with Gasteiger partial charge in [-0.2, -0.15) is 0 Å². The number of alkyl halides is 1. The highest BCUT2D eigenvalue weighted by atomic mass is 79.9. The van der Waals surface area contributed by atoms with E-state index in [1.54, 1.807) is 0 Å². The normalized spacial score (nSPS) is 22.6. The summed E-state index contributed by atoms with van der Waals surface area (Å²) >= 11 is 3.60. The van der Waals surface area contributed by atoms with Gasteiger partial charge in [0.05, 0.1) is 6.42 Å². The summed E-state index contributed by atoms with van der Waals surface area (Å²) in [5.74, 6) is -1.22. The third kappa shape index (κ3) is 4.27. The number of amides is 1. The van der Waals surface area contributed by atoms with E-state index in [1.165, 1.54) is 24.6 Å². The summed E-state index contributed by atoms with van der Waals surface area (Å²) in [5, 5.41) is 2.78. The molecule has 1 aromatic rings. The summed E-state index contributed by atoms with van der Waals surface area (Å²) in [7, 11) is 0. The van der Waals surface area contributed by atoms with Crippen LogP contribution in [0.5, 0.6) is 0 Å². The van der Waals surface area contributed by atoms with E-state index in [4.69, 9.17) is 0 Å². The van der Waals surface area contributed by atoms with E-state index in [0.29, 0.717) is 17.3 Å². The third-order valence-corrected chi connectivity index (χ3v) is 4.54. The monoisotopic (exact) mass is 345 g/mol. The second-order valence-corrected chi connectivity index (χ2v) is 6.61. The highest BCUT2D eigenvalue weighted by molar-refractivity contribution is 9.09. The third-order valence-electron chi connectivity index (χ3n) is 3.71. The van der Waals surface area contributed by atoms with Gasteiger partial charge in [0, 0.05) is 16.9 Å². The molecule has 1 fully saturated rings. The number of hydrogen-bond acceptors (Lipinski definition) is 1. The number of halogens is 3. The second-order valence-electron chi connectivity index (χ2n) is 5.31. The van der Waals surface area contributed by atoms with Gasteiger partial charge >= 0.3 is 0 Å². The Kier molecular flexibility index (Phi) is 5.52. The predicted molar refractivity (Wildman–Crippen MR) is 77.7 cm³/mol. The molecule has 110 valence electrons. The number of rotatable bonds is 4. The van der Waals surface area contributed by atoms with Gasteiger partial charge in [0.1, 0.15) is 11.6 Å². The highest BCUT2D eigenvalue weighted by Gasteiger charge is 2.20. The van der Waals surface area contributed by atoms with E-state index >= 15 is 0 Å². The molecule has 2 unspecified atom stereocenters. The Balaban J connectivity index is 1.83. The first-order valence-corrected chi connectivity index (χ1v) is 7.81. The lowest BCUT2D eigenvalue weighted by atomic mass is 9.89. The Bertz CT molecular complexity index is 461. The fourth-order valence-corrected chi connectivity index (χ4v) is 3.45. The fraction of sp³-hybridized carbons (Fsp3) is 0.533. The van der Waals surface area contributed by atoms with Crippen LogP contribution in [0.3, 0.4) is 0 Å². The first kappa shape index (κ1) is 15.4. The Hall–Kier alpha value is -0.970. The minimum Gasteiger partial charge on any atom is -0.356 e. The summed E-state index contributed by atoms with van der Waals surface area (Å²) in [6.07, 6.45) is 4.21. The van der Waals surface area contributed by atoms with Crippen LogP contribution in [0.2, 0.25) is 0 Å². The van der Waals surface area contributed by atoms with Crippen molar-refractivity contribution in [2.45, 2.75) is 36.9 Å². The molecule has 0 aliphatic heterocycles. The van der Waals surface area contributed by atoms with Gasteiger partial charge in [-0.1, -0.05) is 28.4 Å². The molecule has 1 aliphatic rings. The second kappa shape index (κ2) is 7.16. The van der Waals surface area contributed by atoms with E-state index in [-0.39, 0.29) is 17.9 Å². The molecule has 0 aromatic heterocycles. The summed E-state index contributed by atoms with van der Waals surface area (Å²) in [4.78, 5) is 12.3. The van der Waals surface area contributed by atoms with Crippen molar-refractivity contribution in [3.8, 4) is 0 Å². The van der Waals surface area contributed by atoms with E-state index in [9.17, 15) is 13.6 Å². The van der Waals surface area contributed by atoms with Crippen molar-refractivity contribution in [2.24, 2.45) is 5.92 Å². The van der Waals surface area contributed by atoms with Crippen LogP contribution >= 0.6 is 15.9 Å². The molecule has 0 bridgehead atoms. The zero-order valence-electron chi connectivity index (χ0n) is 11.2. The first-order chi connectivity index (χ1) is 9.56. The smallest absolute Gasteiger partial charge is 0.224 e. The molecule has 5 heteroatoms. The molecule has 0 radical (unpaired) electrons. The van der Waals surface area contributed by atoms with Crippen LogP contribution in [0.1, 0.15) is 31.2 Å². The maximum atomic E-state index is 13.4. The van der Waals surface area contributed by atoms with Crippen LogP contribution < -0.4 is 5.32 Å². The van der Waals surface area contributed by atoms with Crippen LogP contribution in [0, 0.1) is 17.6 Å². The van der Waals surface area contributed by atoms with Crippen molar-refractivity contribution in [1.29, 1.82) is 0 Å². The number of nitrogens with one attached hydrogen (secondary N) is 1. The highest BCUT2D eigenvalue weighted by Crippen LogP contribution is 2.28. The number of hydrogen-bond donors (Lipinski definition) is 1. The largest absolute Gasteiger partial charge is 0.356 e. The Morgan fingerprint density at radius 2 is 2.00 bits per heavy atom. The van der Waals surface area contributed by atoms with Gasteiger partial charge in [-0.05, 0) is 37.3 Å². The topological polar surface area (TPSA) is 29.1 Å². The lowest BCUT2D eigenvalue weighted by Gasteiger charge is -2.25. The SMILES string of the molecule is O=C(Cc1c(F)cccc1F)NCC1CCCC(Br)C1. The average molecular weight is 346 g/mol. The zero-order chi connectivity index (χ0) is 14.5. The van der Waals surface area contributed by atoms with Crippen molar-refractivity contribution >= 4 is 21.8 Å². The van der Waals surface area contributed by atoms with Gasteiger partial charge in [-0.3, -0.25) is 4.79 Å². The minimum atomic E-state index is -0.668. The summed E-state index contributed by atoms with van der Waals surface area (Å²) in [6.45, 7) is 0.580. The van der Waals surface area contributed by atoms with Crippen LogP contribution in [-0.2, 0) is 11.2 Å². The molecule has 0 spiro atoms. The van der Waals surface area contributed by atoms with Gasteiger partial charge in [-0.25, -0.2) is 8.78 Å². The van der Waals surface area contributed by atoms with Crippen molar-refractivity contribution < 1.29 is 13.6 Å². The van der Waals surface area contributed by atoms with Crippen LogP contribution in [-0.4, -0.2) is 17.3 Å². The molecule has 2 nitrogen and oxygen atoms in total. The molecule has 2 rings (SSSR count). The molecule has 1 N–H and O–H groups in total. The molecule has 1 amide bonds. The van der Waals surface area contributed by atoms with Crippen LogP contribution in [0.25, 0.3) is 0 Å². The Labute approximate surface area is 126 Å². The van der Waals surface area contributed by atoms with Gasteiger partial charge < -0.3 is 5.32 Å². The zero-order valence-corrected chi connectivity index (χ0v) is 12.8. The molecule has 20 heavy (non-hydrogen) atoms. The van der Waals surface area contributed by atoms with Gasteiger partial charge in [0.15, 0.2) is 0 Å². The Morgan fingerprint density at radius 1 is 1.30 bits per heavy atom. The van der Waals surface area contributed by atoms with Crippen LogP contribution in [0.15, 0.2) is 18.2 Å². The quantitative estimate of drug-likeness (QED) is 0.830. The van der Waals surface area contributed by atoms with Gasteiger partial charge in [0.2, 0.25) is 5.91 Å². The van der Waals surface area contributed by atoms with E-state index in [2.05, 4.69) is 21.2 Å². The lowest BCUT2D eigenvalue weighted by molar-refractivity contribution is -0.120. The lowest BCUT2D eigenvalue weighted by Crippen LogP contribution is -2.33. The molecule has 1 aromatic carbocycles. The van der Waals surface area contributed by atoms with Crippen molar-refractivity contribution in [1.82, 2.24) is 5.32 Å². The number of benzene rings is 1. The Morgan fingerprint density at radius 3 is 2.65 bits per heavy atom. The summed E-state index contributed by atoms with van der Waals surface area (Å²) in [5.41, 5.74) is -0.160. The molecule has 1 aliphatic carbocycles. The standard InChI is InChI=1S/C15H18BrF2NO/c16-11-4-1-3-10(7-11)9-19-15(20)8-12-13(17)5-2-6-14(12)18/h2,5-6,10-11H,1,3-4,7-9H2,(H,19,20). The van der Waals surface area contributed by atoms with E-state index < -0.39 is 11.6 Å². The number of carbonyl (C=O) groups excluding carboxylic acids is 1. The van der Waals surface area contributed by atoms with Gasteiger partial charge in [-0.15, -0.1) is 0 Å². The molecule has 0 heterocycles. The van der Waals surface area contributed by atoms with Crippen molar-refractivity contribution in [3.63, 3.8) is 0 Å². The summed E-state index contributed by atoms with van der Waals surface area (Å²) in [6, 6.07) is 3.63. The molecular weight excluding hydrogens is 328 g/mol. The first-order valence-electron chi connectivity index (χ1n) is 6.90. The molecule has 2 atom stereocenters.